The first-order valence-corrected chi connectivity index (χ1v) is 10.6. The van der Waals surface area contributed by atoms with Gasteiger partial charge < -0.3 is 14.1 Å². The number of carbonyl (C=O) groups is 1. The molecule has 0 aromatic carbocycles. The van der Waals surface area contributed by atoms with E-state index < -0.39 is 15.6 Å². The molecule has 8 nitrogen and oxygen atoms in total. The summed E-state index contributed by atoms with van der Waals surface area (Å²) in [6.45, 7) is 3.55. The quantitative estimate of drug-likeness (QED) is 0.754. The Bertz CT molecular complexity index is 826. The molecule has 0 spiro atoms. The monoisotopic (exact) mass is 384 g/mol. The maximum Gasteiger partial charge on any atom is 0.339 e. The molecule has 1 aromatic rings. The van der Waals surface area contributed by atoms with Crippen molar-refractivity contribution in [3.63, 3.8) is 0 Å². The zero-order valence-corrected chi connectivity index (χ0v) is 15.8. The highest BCUT2D eigenvalue weighted by Crippen LogP contribution is 2.25. The Labute approximate surface area is 152 Å². The summed E-state index contributed by atoms with van der Waals surface area (Å²) in [7, 11) is -3.19. The minimum atomic E-state index is -3.19. The van der Waals surface area contributed by atoms with Crippen molar-refractivity contribution in [2.75, 3.05) is 32.4 Å². The number of amides is 1. The number of hydrogen-bond acceptors (Lipinski definition) is 6. The molecule has 0 radical (unpaired) electrons. The Hall–Kier alpha value is -1.87. The first-order chi connectivity index (χ1) is 12.2. The van der Waals surface area contributed by atoms with E-state index in [0.29, 0.717) is 57.0 Å². The van der Waals surface area contributed by atoms with E-state index in [0.717, 1.165) is 0 Å². The van der Waals surface area contributed by atoms with Gasteiger partial charge in [0, 0.05) is 38.0 Å². The van der Waals surface area contributed by atoms with Crippen molar-refractivity contribution >= 4 is 15.9 Å². The van der Waals surface area contributed by atoms with E-state index in [1.54, 1.807) is 17.9 Å². The molecule has 2 aliphatic heterocycles. The smallest absolute Gasteiger partial charge is 0.339 e. The molecule has 1 atom stereocenters. The van der Waals surface area contributed by atoms with E-state index in [2.05, 4.69) is 0 Å². The van der Waals surface area contributed by atoms with Crippen LogP contribution < -0.4 is 10.4 Å². The van der Waals surface area contributed by atoms with Gasteiger partial charge in [0.25, 0.3) is 0 Å². The standard InChI is InChI=1S/C17H24N2O6S/c1-12-9-15(10-16(20)24-12)25-14-5-6-18(11-14)17(21)13-3-7-19(8-4-13)26(2,22)23/h9-10,13-14H,3-8,11H2,1-2H3. The molecule has 1 aromatic heterocycles. The maximum absolute atomic E-state index is 12.7. The van der Waals surface area contributed by atoms with Crippen LogP contribution in [0.1, 0.15) is 25.0 Å². The highest BCUT2D eigenvalue weighted by atomic mass is 32.2. The normalized spacial score (nSPS) is 22.5. The molecule has 26 heavy (non-hydrogen) atoms. The van der Waals surface area contributed by atoms with Gasteiger partial charge in [0.2, 0.25) is 15.9 Å². The Morgan fingerprint density at radius 3 is 2.50 bits per heavy atom. The fourth-order valence-corrected chi connectivity index (χ4v) is 4.43. The Morgan fingerprint density at radius 1 is 1.19 bits per heavy atom. The summed E-state index contributed by atoms with van der Waals surface area (Å²) < 4.78 is 35.3. The Balaban J connectivity index is 1.54. The van der Waals surface area contributed by atoms with Gasteiger partial charge in [0.1, 0.15) is 17.6 Å². The van der Waals surface area contributed by atoms with Crippen LogP contribution in [-0.4, -0.2) is 62.1 Å². The summed E-state index contributed by atoms with van der Waals surface area (Å²) in [6, 6.07) is 2.96. The van der Waals surface area contributed by atoms with Crippen LogP contribution in [0.5, 0.6) is 5.75 Å². The second kappa shape index (κ2) is 7.40. The van der Waals surface area contributed by atoms with Crippen molar-refractivity contribution in [3.8, 4) is 5.75 Å². The number of likely N-dealkylation sites (tertiary alicyclic amines) is 1. The van der Waals surface area contributed by atoms with Gasteiger partial charge in [-0.25, -0.2) is 17.5 Å². The van der Waals surface area contributed by atoms with E-state index >= 15 is 0 Å². The first kappa shape index (κ1) is 18.9. The summed E-state index contributed by atoms with van der Waals surface area (Å²) in [5, 5.41) is 0. The third kappa shape index (κ3) is 4.45. The van der Waals surface area contributed by atoms with E-state index in [1.165, 1.54) is 16.6 Å². The second-order valence-electron chi connectivity index (χ2n) is 6.97. The molecule has 0 bridgehead atoms. The molecule has 3 heterocycles. The first-order valence-electron chi connectivity index (χ1n) is 8.75. The van der Waals surface area contributed by atoms with Gasteiger partial charge in [-0.15, -0.1) is 0 Å². The number of aryl methyl sites for hydroxylation is 1. The topological polar surface area (TPSA) is 97.1 Å². The number of carbonyl (C=O) groups excluding carboxylic acids is 1. The van der Waals surface area contributed by atoms with E-state index in [9.17, 15) is 18.0 Å². The van der Waals surface area contributed by atoms with E-state index in [-0.39, 0.29) is 17.9 Å². The van der Waals surface area contributed by atoms with Gasteiger partial charge in [0.05, 0.1) is 18.9 Å². The van der Waals surface area contributed by atoms with Crippen LogP contribution in [0, 0.1) is 12.8 Å². The van der Waals surface area contributed by atoms with Crippen LogP contribution in [-0.2, 0) is 14.8 Å². The number of nitrogens with zero attached hydrogens (tertiary/aromatic N) is 2. The molecule has 9 heteroatoms. The molecule has 0 N–H and O–H groups in total. The summed E-state index contributed by atoms with van der Waals surface area (Å²) in [5.74, 6) is 0.862. The van der Waals surface area contributed by atoms with Crippen LogP contribution in [0.25, 0.3) is 0 Å². The van der Waals surface area contributed by atoms with Crippen molar-refractivity contribution < 1.29 is 22.4 Å². The average Bonchev–Trinajstić information content (AvgIpc) is 3.01. The molecule has 2 aliphatic rings. The molecule has 1 unspecified atom stereocenters. The van der Waals surface area contributed by atoms with Crippen molar-refractivity contribution in [1.29, 1.82) is 0 Å². The number of ether oxygens (including phenoxy) is 1. The molecule has 2 saturated heterocycles. The highest BCUT2D eigenvalue weighted by molar-refractivity contribution is 7.88. The number of piperidine rings is 1. The van der Waals surface area contributed by atoms with Crippen molar-refractivity contribution in [2.24, 2.45) is 5.92 Å². The Kier molecular flexibility index (Phi) is 5.38. The van der Waals surface area contributed by atoms with Crippen LogP contribution in [0.3, 0.4) is 0 Å². The molecule has 2 fully saturated rings. The van der Waals surface area contributed by atoms with Gasteiger partial charge in [-0.3, -0.25) is 4.79 Å². The molecule has 0 aliphatic carbocycles. The highest BCUT2D eigenvalue weighted by Gasteiger charge is 2.35. The summed E-state index contributed by atoms with van der Waals surface area (Å²) in [6.07, 6.45) is 2.84. The maximum atomic E-state index is 12.7. The molecule has 0 saturated carbocycles. The lowest BCUT2D eigenvalue weighted by molar-refractivity contribution is -0.135. The van der Waals surface area contributed by atoms with E-state index in [1.807, 2.05) is 0 Å². The number of rotatable bonds is 4. The summed E-state index contributed by atoms with van der Waals surface area (Å²) in [5.41, 5.74) is -0.455. The fraction of sp³-hybridized carbons (Fsp3) is 0.647. The summed E-state index contributed by atoms with van der Waals surface area (Å²) >= 11 is 0. The summed E-state index contributed by atoms with van der Waals surface area (Å²) in [4.78, 5) is 25.9. The minimum absolute atomic E-state index is 0.0630. The zero-order chi connectivity index (χ0) is 18.9. The SMILES string of the molecule is Cc1cc(OC2CCN(C(=O)C3CCN(S(C)(=O)=O)CC3)C2)cc(=O)o1. The van der Waals surface area contributed by atoms with Gasteiger partial charge in [0.15, 0.2) is 0 Å². The number of hydrogen-bond donors (Lipinski definition) is 0. The van der Waals surface area contributed by atoms with Crippen LogP contribution in [0.2, 0.25) is 0 Å². The Morgan fingerprint density at radius 2 is 1.88 bits per heavy atom. The largest absolute Gasteiger partial charge is 0.488 e. The minimum Gasteiger partial charge on any atom is -0.488 e. The zero-order valence-electron chi connectivity index (χ0n) is 15.0. The third-order valence-corrected chi connectivity index (χ3v) is 6.20. The number of sulfonamides is 1. The van der Waals surface area contributed by atoms with Crippen LogP contribution >= 0.6 is 0 Å². The lowest BCUT2D eigenvalue weighted by Gasteiger charge is -2.31. The van der Waals surface area contributed by atoms with Gasteiger partial charge in [-0.05, 0) is 19.8 Å². The third-order valence-electron chi connectivity index (χ3n) is 4.90. The molecular formula is C17H24N2O6S. The van der Waals surface area contributed by atoms with Crippen LogP contribution in [0.15, 0.2) is 21.3 Å². The molecule has 144 valence electrons. The van der Waals surface area contributed by atoms with Gasteiger partial charge in [-0.2, -0.15) is 0 Å². The lowest BCUT2D eigenvalue weighted by atomic mass is 9.97. The van der Waals surface area contributed by atoms with Crippen molar-refractivity contribution in [1.82, 2.24) is 9.21 Å². The second-order valence-corrected chi connectivity index (χ2v) is 8.95. The predicted octanol–water partition coefficient (Wildman–Crippen LogP) is 0.600. The van der Waals surface area contributed by atoms with E-state index in [4.69, 9.17) is 9.15 Å². The van der Waals surface area contributed by atoms with Gasteiger partial charge in [-0.1, -0.05) is 0 Å². The van der Waals surface area contributed by atoms with Gasteiger partial charge >= 0.3 is 5.63 Å². The average molecular weight is 384 g/mol. The van der Waals surface area contributed by atoms with Crippen molar-refractivity contribution in [2.45, 2.75) is 32.3 Å². The van der Waals surface area contributed by atoms with Crippen LogP contribution in [0.4, 0.5) is 0 Å². The lowest BCUT2D eigenvalue weighted by Crippen LogP contribution is -2.43. The molecular weight excluding hydrogens is 360 g/mol. The fourth-order valence-electron chi connectivity index (χ4n) is 3.55. The molecule has 1 amide bonds. The van der Waals surface area contributed by atoms with Crippen molar-refractivity contribution in [3.05, 3.63) is 28.3 Å². The molecule has 3 rings (SSSR count). The predicted molar refractivity (Wildman–Crippen MR) is 94.5 cm³/mol.